The van der Waals surface area contributed by atoms with Gasteiger partial charge in [-0.1, -0.05) is 30.3 Å². The summed E-state index contributed by atoms with van der Waals surface area (Å²) in [6, 6.07) is 12.2. The maximum atomic E-state index is 13.6. The highest BCUT2D eigenvalue weighted by Gasteiger charge is 2.18. The summed E-state index contributed by atoms with van der Waals surface area (Å²) in [5, 5.41) is 2.59. The maximum Gasteiger partial charge on any atom is 0.232 e. The normalized spacial score (nSPS) is 11.1. The second-order valence-electron chi connectivity index (χ2n) is 6.06. The molecule has 2 aromatic carbocycles. The Bertz CT molecular complexity index is 944. The molecule has 1 amide bonds. The van der Waals surface area contributed by atoms with Crippen molar-refractivity contribution >= 4 is 27.4 Å². The van der Waals surface area contributed by atoms with Crippen LogP contribution in [0.2, 0.25) is 0 Å². The Morgan fingerprint density at radius 1 is 1.11 bits per heavy atom. The van der Waals surface area contributed by atoms with Crippen molar-refractivity contribution in [3.63, 3.8) is 0 Å². The van der Waals surface area contributed by atoms with Gasteiger partial charge in [-0.05, 0) is 30.7 Å². The van der Waals surface area contributed by atoms with E-state index in [1.807, 2.05) is 0 Å². The lowest BCUT2D eigenvalue weighted by Gasteiger charge is -2.23. The number of anilines is 1. The molecule has 0 aliphatic heterocycles. The van der Waals surface area contributed by atoms with Crippen LogP contribution in [0.4, 0.5) is 10.1 Å². The third kappa shape index (κ3) is 5.89. The van der Waals surface area contributed by atoms with Gasteiger partial charge in [0.1, 0.15) is 5.82 Å². The van der Waals surface area contributed by atoms with Crippen molar-refractivity contribution in [1.29, 1.82) is 0 Å². The van der Waals surface area contributed by atoms with Gasteiger partial charge in [-0.25, -0.2) is 12.8 Å². The van der Waals surface area contributed by atoms with Crippen LogP contribution in [0, 0.1) is 5.82 Å². The lowest BCUT2D eigenvalue weighted by atomic mass is 10.1. The summed E-state index contributed by atoms with van der Waals surface area (Å²) in [4.78, 5) is 23.5. The fourth-order valence-corrected chi connectivity index (χ4v) is 3.46. The Hall–Kier alpha value is -2.74. The second kappa shape index (κ2) is 8.77. The van der Waals surface area contributed by atoms with E-state index in [-0.39, 0.29) is 30.9 Å². The monoisotopic (exact) mass is 392 g/mol. The number of nitrogens with one attached hydrogen (secondary N) is 1. The number of benzene rings is 2. The highest BCUT2D eigenvalue weighted by Crippen LogP contribution is 2.19. The van der Waals surface area contributed by atoms with Crippen LogP contribution in [0.25, 0.3) is 0 Å². The first-order valence-corrected chi connectivity index (χ1v) is 10.1. The third-order valence-electron chi connectivity index (χ3n) is 3.89. The number of amides is 1. The Kier molecular flexibility index (Phi) is 6.68. The Morgan fingerprint density at radius 2 is 1.81 bits per heavy atom. The molecule has 0 unspecified atom stereocenters. The van der Waals surface area contributed by atoms with E-state index < -0.39 is 21.7 Å². The Labute approximate surface area is 158 Å². The molecule has 0 spiro atoms. The highest BCUT2D eigenvalue weighted by molar-refractivity contribution is 7.92. The van der Waals surface area contributed by atoms with E-state index in [0.717, 1.165) is 10.6 Å². The molecule has 0 aromatic heterocycles. The van der Waals surface area contributed by atoms with E-state index >= 15 is 0 Å². The molecule has 0 aliphatic rings. The van der Waals surface area contributed by atoms with Crippen LogP contribution in [0.15, 0.2) is 48.5 Å². The molecular formula is C19H21FN2O4S. The van der Waals surface area contributed by atoms with Gasteiger partial charge in [0.15, 0.2) is 5.78 Å². The van der Waals surface area contributed by atoms with Gasteiger partial charge in [-0.2, -0.15) is 0 Å². The fourth-order valence-electron chi connectivity index (χ4n) is 2.54. The van der Waals surface area contributed by atoms with Crippen molar-refractivity contribution in [1.82, 2.24) is 5.32 Å². The predicted molar refractivity (Wildman–Crippen MR) is 102 cm³/mol. The minimum atomic E-state index is -3.61. The molecule has 2 aromatic rings. The number of hydrogen-bond donors (Lipinski definition) is 1. The molecule has 0 aliphatic carbocycles. The molecule has 0 fully saturated rings. The van der Waals surface area contributed by atoms with Gasteiger partial charge in [0.2, 0.25) is 15.9 Å². The van der Waals surface area contributed by atoms with Crippen molar-refractivity contribution in [2.75, 3.05) is 23.7 Å². The average Bonchev–Trinajstić information content (AvgIpc) is 2.59. The molecule has 0 heterocycles. The summed E-state index contributed by atoms with van der Waals surface area (Å²) in [5.74, 6) is -1.05. The van der Waals surface area contributed by atoms with Crippen molar-refractivity contribution in [3.05, 3.63) is 65.5 Å². The van der Waals surface area contributed by atoms with Crippen molar-refractivity contribution in [3.8, 4) is 0 Å². The number of Topliss-reactive ketones (excluding diaryl/α,β-unsaturated/α-hetero) is 1. The smallest absolute Gasteiger partial charge is 0.232 e. The zero-order chi connectivity index (χ0) is 20.0. The molecule has 27 heavy (non-hydrogen) atoms. The van der Waals surface area contributed by atoms with Crippen LogP contribution in [-0.4, -0.2) is 39.5 Å². The minimum absolute atomic E-state index is 0.0107. The van der Waals surface area contributed by atoms with Gasteiger partial charge >= 0.3 is 0 Å². The molecule has 0 saturated carbocycles. The second-order valence-corrected chi connectivity index (χ2v) is 7.97. The van der Waals surface area contributed by atoms with E-state index in [9.17, 15) is 22.4 Å². The summed E-state index contributed by atoms with van der Waals surface area (Å²) in [5.41, 5.74) is 1.00. The quantitative estimate of drug-likeness (QED) is 0.698. The average molecular weight is 392 g/mol. The van der Waals surface area contributed by atoms with Gasteiger partial charge in [-0.15, -0.1) is 0 Å². The molecule has 2 rings (SSSR count). The summed E-state index contributed by atoms with van der Waals surface area (Å²) in [7, 11) is -3.61. The SMILES string of the molecule is CC(=O)c1cccc(N(CCNC(=O)Cc2ccccc2F)S(C)(=O)=O)c1. The number of ketones is 1. The van der Waals surface area contributed by atoms with E-state index in [1.54, 1.807) is 24.3 Å². The summed E-state index contributed by atoms with van der Waals surface area (Å²) in [6.07, 6.45) is 0.917. The third-order valence-corrected chi connectivity index (χ3v) is 5.08. The standard InChI is InChI=1S/C19H21FN2O4S/c1-14(23)15-7-5-8-17(12-15)22(27(2,25)26)11-10-21-19(24)13-16-6-3-4-9-18(16)20/h3-9,12H,10-11,13H2,1-2H3,(H,21,24). The molecule has 0 radical (unpaired) electrons. The maximum absolute atomic E-state index is 13.6. The van der Waals surface area contributed by atoms with Crippen molar-refractivity contribution in [2.45, 2.75) is 13.3 Å². The summed E-state index contributed by atoms with van der Waals surface area (Å²) in [6.45, 7) is 1.43. The van der Waals surface area contributed by atoms with Crippen LogP contribution >= 0.6 is 0 Å². The zero-order valence-electron chi connectivity index (χ0n) is 15.1. The first-order valence-electron chi connectivity index (χ1n) is 8.27. The number of halogens is 1. The lowest BCUT2D eigenvalue weighted by Crippen LogP contribution is -2.38. The number of rotatable bonds is 8. The van der Waals surface area contributed by atoms with Gasteiger partial charge in [0.05, 0.1) is 24.9 Å². The van der Waals surface area contributed by atoms with Gasteiger partial charge < -0.3 is 5.32 Å². The van der Waals surface area contributed by atoms with Crippen molar-refractivity contribution < 1.29 is 22.4 Å². The van der Waals surface area contributed by atoms with Crippen LogP contribution < -0.4 is 9.62 Å². The largest absolute Gasteiger partial charge is 0.354 e. The molecule has 0 bridgehead atoms. The number of carbonyl (C=O) groups is 2. The minimum Gasteiger partial charge on any atom is -0.354 e. The number of carbonyl (C=O) groups excluding carboxylic acids is 2. The van der Waals surface area contributed by atoms with Gasteiger partial charge in [0.25, 0.3) is 0 Å². The van der Waals surface area contributed by atoms with E-state index in [1.165, 1.54) is 31.2 Å². The van der Waals surface area contributed by atoms with Crippen LogP contribution in [-0.2, 0) is 21.2 Å². The summed E-state index contributed by atoms with van der Waals surface area (Å²) < 4.78 is 38.9. The molecule has 1 N–H and O–H groups in total. The van der Waals surface area contributed by atoms with E-state index in [4.69, 9.17) is 0 Å². The Balaban J connectivity index is 2.03. The molecule has 144 valence electrons. The van der Waals surface area contributed by atoms with Crippen LogP contribution in [0.3, 0.4) is 0 Å². The molecule has 0 atom stereocenters. The molecule has 6 nitrogen and oxygen atoms in total. The summed E-state index contributed by atoms with van der Waals surface area (Å²) >= 11 is 0. The molecule has 8 heteroatoms. The first-order chi connectivity index (χ1) is 12.7. The molecule has 0 saturated heterocycles. The van der Waals surface area contributed by atoms with E-state index in [0.29, 0.717) is 11.3 Å². The van der Waals surface area contributed by atoms with E-state index in [2.05, 4.69) is 5.32 Å². The fraction of sp³-hybridized carbons (Fsp3) is 0.263. The topological polar surface area (TPSA) is 83.6 Å². The lowest BCUT2D eigenvalue weighted by molar-refractivity contribution is -0.120. The zero-order valence-corrected chi connectivity index (χ0v) is 15.9. The number of hydrogen-bond acceptors (Lipinski definition) is 4. The van der Waals surface area contributed by atoms with Crippen LogP contribution in [0.5, 0.6) is 0 Å². The van der Waals surface area contributed by atoms with Crippen molar-refractivity contribution in [2.24, 2.45) is 0 Å². The number of nitrogens with zero attached hydrogens (tertiary/aromatic N) is 1. The highest BCUT2D eigenvalue weighted by atomic mass is 32.2. The molecular weight excluding hydrogens is 371 g/mol. The van der Waals surface area contributed by atoms with Gasteiger partial charge in [-0.3, -0.25) is 13.9 Å². The first kappa shape index (κ1) is 20.6. The predicted octanol–water partition coefficient (Wildman–Crippen LogP) is 2.15. The van der Waals surface area contributed by atoms with Gasteiger partial charge in [0, 0.05) is 12.1 Å². The Morgan fingerprint density at radius 3 is 2.44 bits per heavy atom. The number of sulfonamides is 1. The van der Waals surface area contributed by atoms with Crippen LogP contribution in [0.1, 0.15) is 22.8 Å².